The second kappa shape index (κ2) is 5.95. The summed E-state index contributed by atoms with van der Waals surface area (Å²) in [6.45, 7) is 4.53. The van der Waals surface area contributed by atoms with Crippen molar-refractivity contribution in [3.8, 4) is 5.75 Å². The Morgan fingerprint density at radius 1 is 1.21 bits per heavy atom. The number of nitrogens with zero attached hydrogens (tertiary/aromatic N) is 1. The molecule has 1 fully saturated rings. The zero-order chi connectivity index (χ0) is 13.8. The first-order valence-electron chi connectivity index (χ1n) is 6.83. The van der Waals surface area contributed by atoms with E-state index >= 15 is 0 Å². The number of oxime groups is 1. The first kappa shape index (κ1) is 13.7. The van der Waals surface area contributed by atoms with Crippen molar-refractivity contribution in [1.29, 1.82) is 0 Å². The Hall–Kier alpha value is -1.71. The summed E-state index contributed by atoms with van der Waals surface area (Å²) in [4.78, 5) is 0. The van der Waals surface area contributed by atoms with Gasteiger partial charge in [-0.05, 0) is 43.2 Å². The third-order valence-corrected chi connectivity index (χ3v) is 3.70. The van der Waals surface area contributed by atoms with Gasteiger partial charge in [0.25, 0.3) is 0 Å². The average Bonchev–Trinajstić information content (AvgIpc) is 2.37. The van der Waals surface area contributed by atoms with Gasteiger partial charge in [-0.1, -0.05) is 31.1 Å². The lowest BCUT2D eigenvalue weighted by molar-refractivity contribution is 0.101. The molecule has 4 nitrogen and oxygen atoms in total. The van der Waals surface area contributed by atoms with Crippen LogP contribution in [0.1, 0.15) is 38.7 Å². The quantitative estimate of drug-likeness (QED) is 0.381. The molecule has 4 heteroatoms. The van der Waals surface area contributed by atoms with Gasteiger partial charge in [0.15, 0.2) is 5.84 Å². The second-order valence-electron chi connectivity index (χ2n) is 5.64. The minimum Gasteiger partial charge on any atom is -0.490 e. The summed E-state index contributed by atoms with van der Waals surface area (Å²) in [6, 6.07) is 7.43. The van der Waals surface area contributed by atoms with Gasteiger partial charge in [-0.2, -0.15) is 0 Å². The number of para-hydroxylation sites is 1. The normalized spacial score (nSPS) is 28.1. The molecule has 1 aromatic rings. The Morgan fingerprint density at radius 3 is 2.47 bits per heavy atom. The summed E-state index contributed by atoms with van der Waals surface area (Å²) in [5.41, 5.74) is 6.32. The summed E-state index contributed by atoms with van der Waals surface area (Å²) in [5, 5.41) is 11.9. The van der Waals surface area contributed by atoms with Crippen molar-refractivity contribution in [2.24, 2.45) is 22.7 Å². The fraction of sp³-hybridized carbons (Fsp3) is 0.533. The topological polar surface area (TPSA) is 67.8 Å². The number of rotatable bonds is 3. The number of hydrogen-bond acceptors (Lipinski definition) is 3. The molecule has 1 aromatic carbocycles. The lowest BCUT2D eigenvalue weighted by atomic mass is 9.82. The summed E-state index contributed by atoms with van der Waals surface area (Å²) >= 11 is 0. The van der Waals surface area contributed by atoms with Crippen LogP contribution in [0, 0.1) is 11.8 Å². The molecule has 2 atom stereocenters. The van der Waals surface area contributed by atoms with E-state index < -0.39 is 0 Å². The van der Waals surface area contributed by atoms with E-state index in [1.54, 1.807) is 6.07 Å². The van der Waals surface area contributed by atoms with Crippen LogP contribution in [0.3, 0.4) is 0 Å². The predicted molar refractivity (Wildman–Crippen MR) is 75.5 cm³/mol. The molecule has 0 amide bonds. The van der Waals surface area contributed by atoms with Crippen LogP contribution in [-0.2, 0) is 0 Å². The van der Waals surface area contributed by atoms with Crippen molar-refractivity contribution in [1.82, 2.24) is 0 Å². The molecule has 2 rings (SSSR count). The van der Waals surface area contributed by atoms with Crippen molar-refractivity contribution >= 4 is 5.84 Å². The summed E-state index contributed by atoms with van der Waals surface area (Å²) in [5.74, 6) is 2.16. The third kappa shape index (κ3) is 3.40. The van der Waals surface area contributed by atoms with E-state index in [9.17, 15) is 0 Å². The van der Waals surface area contributed by atoms with Gasteiger partial charge in [-0.3, -0.25) is 0 Å². The number of ether oxygens (including phenoxy) is 1. The number of nitrogens with two attached hydrogens (primary N) is 1. The zero-order valence-electron chi connectivity index (χ0n) is 11.5. The molecule has 0 aromatic heterocycles. The second-order valence-corrected chi connectivity index (χ2v) is 5.64. The highest BCUT2D eigenvalue weighted by Crippen LogP contribution is 2.32. The van der Waals surface area contributed by atoms with Gasteiger partial charge in [0, 0.05) is 0 Å². The van der Waals surface area contributed by atoms with Gasteiger partial charge in [-0.25, -0.2) is 0 Å². The van der Waals surface area contributed by atoms with Crippen molar-refractivity contribution < 1.29 is 9.94 Å². The van der Waals surface area contributed by atoms with Gasteiger partial charge in [0.05, 0.1) is 11.7 Å². The number of amidine groups is 1. The Kier molecular flexibility index (Phi) is 4.30. The molecule has 2 unspecified atom stereocenters. The lowest BCUT2D eigenvalue weighted by Gasteiger charge is -2.32. The largest absolute Gasteiger partial charge is 0.490 e. The molecule has 104 valence electrons. The number of benzene rings is 1. The maximum absolute atomic E-state index is 8.81. The SMILES string of the molecule is CC1CC(C)CC(Oc2ccccc2C(N)=NO)C1. The van der Waals surface area contributed by atoms with Gasteiger partial charge in [0.1, 0.15) is 5.75 Å². The van der Waals surface area contributed by atoms with E-state index in [2.05, 4.69) is 19.0 Å². The standard InChI is InChI=1S/C15H22N2O2/c1-10-7-11(2)9-12(8-10)19-14-6-4-3-5-13(14)15(16)17-18/h3-6,10-12,18H,7-9H2,1-2H3,(H2,16,17). The van der Waals surface area contributed by atoms with Crippen LogP contribution in [0.2, 0.25) is 0 Å². The third-order valence-electron chi connectivity index (χ3n) is 3.70. The van der Waals surface area contributed by atoms with E-state index in [0.29, 0.717) is 23.1 Å². The van der Waals surface area contributed by atoms with Crippen molar-refractivity contribution in [2.45, 2.75) is 39.2 Å². The molecule has 1 saturated carbocycles. The Labute approximate surface area is 114 Å². The van der Waals surface area contributed by atoms with Gasteiger partial charge in [0.2, 0.25) is 0 Å². The van der Waals surface area contributed by atoms with Crippen LogP contribution >= 0.6 is 0 Å². The minimum absolute atomic E-state index is 0.0903. The smallest absolute Gasteiger partial charge is 0.173 e. The zero-order valence-corrected chi connectivity index (χ0v) is 11.5. The van der Waals surface area contributed by atoms with E-state index in [1.165, 1.54) is 6.42 Å². The highest BCUT2D eigenvalue weighted by molar-refractivity contribution is 5.99. The van der Waals surface area contributed by atoms with Crippen LogP contribution in [0.5, 0.6) is 5.75 Å². The van der Waals surface area contributed by atoms with Crippen LogP contribution < -0.4 is 10.5 Å². The van der Waals surface area contributed by atoms with Gasteiger partial charge < -0.3 is 15.7 Å². The molecule has 0 radical (unpaired) electrons. The number of hydrogen-bond donors (Lipinski definition) is 2. The fourth-order valence-corrected chi connectivity index (χ4v) is 2.98. The molecule has 0 bridgehead atoms. The van der Waals surface area contributed by atoms with Crippen molar-refractivity contribution in [3.63, 3.8) is 0 Å². The fourth-order valence-electron chi connectivity index (χ4n) is 2.98. The van der Waals surface area contributed by atoms with Crippen LogP contribution in [0.4, 0.5) is 0 Å². The first-order chi connectivity index (χ1) is 9.10. The van der Waals surface area contributed by atoms with Crippen molar-refractivity contribution in [3.05, 3.63) is 29.8 Å². The molecule has 0 heterocycles. The Balaban J connectivity index is 2.15. The molecule has 0 aliphatic heterocycles. The lowest BCUT2D eigenvalue weighted by Crippen LogP contribution is -2.29. The summed E-state index contributed by atoms with van der Waals surface area (Å²) in [7, 11) is 0. The highest BCUT2D eigenvalue weighted by Gasteiger charge is 2.26. The molecule has 3 N–H and O–H groups in total. The Bertz CT molecular complexity index is 449. The summed E-state index contributed by atoms with van der Waals surface area (Å²) in [6.07, 6.45) is 3.61. The first-order valence-corrected chi connectivity index (χ1v) is 6.83. The average molecular weight is 262 g/mol. The van der Waals surface area contributed by atoms with Gasteiger partial charge in [-0.15, -0.1) is 0 Å². The van der Waals surface area contributed by atoms with E-state index in [0.717, 1.165) is 12.8 Å². The Morgan fingerprint density at radius 2 is 1.84 bits per heavy atom. The van der Waals surface area contributed by atoms with Crippen LogP contribution in [-0.4, -0.2) is 17.1 Å². The van der Waals surface area contributed by atoms with E-state index in [4.69, 9.17) is 15.7 Å². The summed E-state index contributed by atoms with van der Waals surface area (Å²) < 4.78 is 6.08. The molecule has 1 aliphatic rings. The van der Waals surface area contributed by atoms with Crippen LogP contribution in [0.25, 0.3) is 0 Å². The maximum Gasteiger partial charge on any atom is 0.173 e. The van der Waals surface area contributed by atoms with Crippen molar-refractivity contribution in [2.75, 3.05) is 0 Å². The maximum atomic E-state index is 8.81. The molecule has 1 aliphatic carbocycles. The molecule has 0 saturated heterocycles. The molecule has 19 heavy (non-hydrogen) atoms. The highest BCUT2D eigenvalue weighted by atomic mass is 16.5. The minimum atomic E-state index is 0.0903. The van der Waals surface area contributed by atoms with Crippen LogP contribution in [0.15, 0.2) is 29.4 Å². The van der Waals surface area contributed by atoms with E-state index in [-0.39, 0.29) is 11.9 Å². The monoisotopic (exact) mass is 262 g/mol. The van der Waals surface area contributed by atoms with E-state index in [1.807, 2.05) is 18.2 Å². The predicted octanol–water partition coefficient (Wildman–Crippen LogP) is 2.98. The molecular weight excluding hydrogens is 240 g/mol. The molecule has 0 spiro atoms. The molecular formula is C15H22N2O2. The van der Waals surface area contributed by atoms with Gasteiger partial charge >= 0.3 is 0 Å².